The number of hydrogen-bond acceptors (Lipinski definition) is 10. The Labute approximate surface area is 300 Å². The number of aromatic nitrogens is 2. The molecule has 1 aromatic heterocycles. The van der Waals surface area contributed by atoms with Crippen molar-refractivity contribution in [3.8, 4) is 17.4 Å². The molecule has 0 bridgehead atoms. The molecule has 3 heterocycles. The van der Waals surface area contributed by atoms with Crippen LogP contribution in [0, 0.1) is 5.92 Å². The van der Waals surface area contributed by atoms with E-state index in [1.807, 2.05) is 24.3 Å². The highest BCUT2D eigenvalue weighted by molar-refractivity contribution is 6.21. The van der Waals surface area contributed by atoms with Crippen LogP contribution in [0.1, 0.15) is 102 Å². The number of aliphatic hydroxyl groups excluding tert-OH is 1. The van der Waals surface area contributed by atoms with Crippen LogP contribution in [0.5, 0.6) is 17.4 Å². The van der Waals surface area contributed by atoms with Crippen molar-refractivity contribution in [2.24, 2.45) is 5.92 Å². The maximum Gasteiger partial charge on any atom is 0.259 e. The van der Waals surface area contributed by atoms with Gasteiger partial charge in [0.25, 0.3) is 11.8 Å². The minimum atomic E-state index is -0.696. The number of fused-ring (bicyclic) bond motifs is 1. The summed E-state index contributed by atoms with van der Waals surface area (Å²) in [5.41, 5.74) is 3.33. The summed E-state index contributed by atoms with van der Waals surface area (Å²) in [4.78, 5) is 57.9. The number of amides is 4. The number of piperidine rings is 1. The molecular formula is C40H39N5O7. The molecule has 12 nitrogen and oxygen atoms in total. The summed E-state index contributed by atoms with van der Waals surface area (Å²) >= 11 is 0. The minimum absolute atomic E-state index is 0.130. The fourth-order valence-corrected chi connectivity index (χ4v) is 8.39. The molecular weight excluding hydrogens is 662 g/mol. The van der Waals surface area contributed by atoms with E-state index in [4.69, 9.17) is 9.47 Å². The Hall–Kier alpha value is -5.62. The van der Waals surface area contributed by atoms with Gasteiger partial charge in [-0.15, -0.1) is 0 Å². The zero-order chi connectivity index (χ0) is 36.0. The van der Waals surface area contributed by atoms with Gasteiger partial charge in [0.15, 0.2) is 0 Å². The zero-order valence-electron chi connectivity index (χ0n) is 28.7. The molecule has 0 unspecified atom stereocenters. The van der Waals surface area contributed by atoms with Gasteiger partial charge in [-0.25, -0.2) is 4.98 Å². The summed E-state index contributed by atoms with van der Waals surface area (Å²) in [6.45, 7) is 1.64. The highest BCUT2D eigenvalue weighted by Gasteiger charge is 2.55. The molecule has 3 fully saturated rings. The van der Waals surface area contributed by atoms with E-state index in [9.17, 15) is 24.3 Å². The molecule has 8 rings (SSSR count). The van der Waals surface area contributed by atoms with Gasteiger partial charge in [-0.2, -0.15) is 0 Å². The van der Waals surface area contributed by atoms with Crippen molar-refractivity contribution in [1.82, 2.24) is 20.6 Å². The van der Waals surface area contributed by atoms with Crippen LogP contribution in [0.25, 0.3) is 0 Å². The molecule has 12 heteroatoms. The minimum Gasteiger partial charge on any atom is -0.490 e. The first-order chi connectivity index (χ1) is 25.1. The number of anilines is 1. The Morgan fingerprint density at radius 1 is 0.827 bits per heavy atom. The molecule has 4 aromatic rings. The third-order valence-electron chi connectivity index (χ3n) is 11.1. The Bertz CT molecular complexity index is 2030. The van der Waals surface area contributed by atoms with Gasteiger partial charge in [-0.1, -0.05) is 37.1 Å². The monoisotopic (exact) mass is 701 g/mol. The summed E-state index contributed by atoms with van der Waals surface area (Å²) in [6.07, 6.45) is 8.14. The van der Waals surface area contributed by atoms with Crippen LogP contribution in [0.15, 0.2) is 79.1 Å². The average molecular weight is 702 g/mol. The van der Waals surface area contributed by atoms with Gasteiger partial charge in [-0.3, -0.25) is 34.8 Å². The second-order valence-electron chi connectivity index (χ2n) is 14.4. The lowest BCUT2D eigenvalue weighted by Crippen LogP contribution is -2.64. The second-order valence-corrected chi connectivity index (χ2v) is 14.4. The van der Waals surface area contributed by atoms with Crippen LogP contribution in [-0.2, 0) is 15.0 Å². The van der Waals surface area contributed by atoms with E-state index in [1.165, 1.54) is 23.5 Å². The molecule has 0 radical (unpaired) electrons. The molecule has 2 atom stereocenters. The Morgan fingerprint density at radius 3 is 2.13 bits per heavy atom. The van der Waals surface area contributed by atoms with Crippen LogP contribution < -0.4 is 25.4 Å². The van der Waals surface area contributed by atoms with Crippen molar-refractivity contribution < 1.29 is 33.8 Å². The maximum atomic E-state index is 13.1. The standard InChI is InChI=1S/C40H39N5O7/c1-23(46)33-21-42-35(22-41-33)52-28-11-6-25(7-12-28)39(16-2-3-17-39)24-4-9-27(10-5-24)51-29-19-40(20-29,32-14-15-34(47)43-38(32)50)45-26-8-13-30-31(18-26)37(49)44-36(30)48/h4-13,18,21-23,29,32,45-46H,2-3,14-17,19-20H2,1H3,(H,43,47,50)(H,44,48,49)/t23-,29?,32+,40?/m1/s1. The van der Waals surface area contributed by atoms with Crippen molar-refractivity contribution in [3.63, 3.8) is 0 Å². The molecule has 52 heavy (non-hydrogen) atoms. The number of rotatable bonds is 10. The molecule has 0 spiro atoms. The summed E-state index contributed by atoms with van der Waals surface area (Å²) in [6, 6.07) is 21.4. The number of imide groups is 2. The fraction of sp³-hybridized carbons (Fsp3) is 0.350. The smallest absolute Gasteiger partial charge is 0.259 e. The lowest BCUT2D eigenvalue weighted by atomic mass is 9.63. The molecule has 2 saturated carbocycles. The SMILES string of the molecule is C[C@@H](O)c1cnc(Oc2ccc(C3(c4ccc(OC5CC(Nc6ccc7c(c6)C(=O)NC7=O)([C@H]6CCC(=O)NC6=O)C5)cc4)CCCC3)cc2)cn1. The predicted octanol–water partition coefficient (Wildman–Crippen LogP) is 5.51. The highest BCUT2D eigenvalue weighted by atomic mass is 16.5. The quantitative estimate of drug-likeness (QED) is 0.155. The van der Waals surface area contributed by atoms with Crippen molar-refractivity contribution in [1.29, 1.82) is 0 Å². The lowest BCUT2D eigenvalue weighted by Gasteiger charge is -2.52. The number of ether oxygens (including phenoxy) is 2. The Balaban J connectivity index is 0.962. The molecule has 1 saturated heterocycles. The predicted molar refractivity (Wildman–Crippen MR) is 189 cm³/mol. The number of carbonyl (C=O) groups excluding carboxylic acids is 4. The topological polar surface area (TPSA) is 169 Å². The van der Waals surface area contributed by atoms with Gasteiger partial charge in [0.05, 0.1) is 46.8 Å². The lowest BCUT2D eigenvalue weighted by molar-refractivity contribution is -0.140. The first-order valence-corrected chi connectivity index (χ1v) is 17.8. The maximum absolute atomic E-state index is 13.1. The molecule has 266 valence electrons. The summed E-state index contributed by atoms with van der Waals surface area (Å²) in [5, 5.41) is 18.0. The molecule has 3 aromatic carbocycles. The first kappa shape index (κ1) is 33.5. The van der Waals surface area contributed by atoms with E-state index in [0.717, 1.165) is 31.4 Å². The van der Waals surface area contributed by atoms with Crippen LogP contribution in [-0.4, -0.2) is 50.3 Å². The fourth-order valence-electron chi connectivity index (χ4n) is 8.39. The molecule has 4 N–H and O–H groups in total. The van der Waals surface area contributed by atoms with Crippen molar-refractivity contribution >= 4 is 29.3 Å². The second kappa shape index (κ2) is 13.2. The summed E-state index contributed by atoms with van der Waals surface area (Å²) < 4.78 is 12.4. The first-order valence-electron chi connectivity index (χ1n) is 17.8. The highest BCUT2D eigenvalue weighted by Crippen LogP contribution is 2.49. The van der Waals surface area contributed by atoms with Crippen molar-refractivity contribution in [2.45, 2.75) is 81.5 Å². The summed E-state index contributed by atoms with van der Waals surface area (Å²) in [7, 11) is 0. The van der Waals surface area contributed by atoms with Crippen LogP contribution >= 0.6 is 0 Å². The zero-order valence-corrected chi connectivity index (χ0v) is 28.7. The van der Waals surface area contributed by atoms with E-state index < -0.39 is 29.4 Å². The van der Waals surface area contributed by atoms with Gasteiger partial charge >= 0.3 is 0 Å². The number of nitrogens with one attached hydrogen (secondary N) is 3. The van der Waals surface area contributed by atoms with E-state index in [-0.39, 0.29) is 29.8 Å². The molecule has 4 amide bonds. The van der Waals surface area contributed by atoms with Gasteiger partial charge in [-0.05, 0) is 79.8 Å². The van der Waals surface area contributed by atoms with Crippen LogP contribution in [0.3, 0.4) is 0 Å². The van der Waals surface area contributed by atoms with Crippen LogP contribution in [0.4, 0.5) is 5.69 Å². The molecule has 2 aliphatic carbocycles. The van der Waals surface area contributed by atoms with E-state index in [1.54, 1.807) is 25.1 Å². The summed E-state index contributed by atoms with van der Waals surface area (Å²) in [5.74, 6) is -0.206. The Kier molecular flexibility index (Phi) is 8.49. The number of benzene rings is 3. The molecule has 2 aliphatic heterocycles. The van der Waals surface area contributed by atoms with Gasteiger partial charge < -0.3 is 19.9 Å². The third kappa shape index (κ3) is 6.17. The number of hydrogen-bond donors (Lipinski definition) is 4. The van der Waals surface area contributed by atoms with Crippen molar-refractivity contribution in [2.75, 3.05) is 5.32 Å². The third-order valence-corrected chi connectivity index (χ3v) is 11.1. The Morgan fingerprint density at radius 2 is 1.50 bits per heavy atom. The van der Waals surface area contributed by atoms with E-state index in [0.29, 0.717) is 53.4 Å². The largest absolute Gasteiger partial charge is 0.490 e. The van der Waals surface area contributed by atoms with Gasteiger partial charge in [0.1, 0.15) is 17.6 Å². The number of carbonyl (C=O) groups is 4. The van der Waals surface area contributed by atoms with E-state index in [2.05, 4.69) is 50.2 Å². The number of aliphatic hydroxyl groups is 1. The van der Waals surface area contributed by atoms with Crippen molar-refractivity contribution in [3.05, 3.63) is 107 Å². The average Bonchev–Trinajstić information content (AvgIpc) is 3.73. The normalized spacial score (nSPS) is 24.0. The van der Waals surface area contributed by atoms with E-state index >= 15 is 0 Å². The van der Waals surface area contributed by atoms with Gasteiger partial charge in [0, 0.05) is 30.4 Å². The van der Waals surface area contributed by atoms with Gasteiger partial charge in [0.2, 0.25) is 17.7 Å². The molecule has 4 aliphatic rings. The van der Waals surface area contributed by atoms with Crippen LogP contribution in [0.2, 0.25) is 0 Å². The number of nitrogens with zero attached hydrogens (tertiary/aromatic N) is 2.